The van der Waals surface area contributed by atoms with Crippen molar-refractivity contribution < 1.29 is 13.2 Å². The van der Waals surface area contributed by atoms with Gasteiger partial charge in [0.25, 0.3) is 0 Å². The van der Waals surface area contributed by atoms with Crippen LogP contribution >= 0.6 is 23.4 Å². The minimum absolute atomic E-state index is 0.236. The van der Waals surface area contributed by atoms with E-state index in [1.165, 1.54) is 17.8 Å². The van der Waals surface area contributed by atoms with Crippen LogP contribution in [0.2, 0.25) is 5.02 Å². The SMILES string of the molecule is FC(F)(F)c1ccc(Cl)c(NC2=NCCCS2)c1. The first-order valence-corrected chi connectivity index (χ1v) is 6.64. The Morgan fingerprint density at radius 3 is 2.72 bits per heavy atom. The Hall–Kier alpha value is -0.880. The maximum Gasteiger partial charge on any atom is 0.416 e. The van der Waals surface area contributed by atoms with Gasteiger partial charge in [-0.2, -0.15) is 13.2 Å². The van der Waals surface area contributed by atoms with Crippen LogP contribution in [-0.4, -0.2) is 17.5 Å². The zero-order valence-corrected chi connectivity index (χ0v) is 10.8. The topological polar surface area (TPSA) is 24.4 Å². The summed E-state index contributed by atoms with van der Waals surface area (Å²) in [5.74, 6) is 0.905. The van der Waals surface area contributed by atoms with Crippen LogP contribution in [0, 0.1) is 0 Å². The fourth-order valence-corrected chi connectivity index (χ4v) is 2.44. The second-order valence-corrected chi connectivity index (χ2v) is 5.20. The van der Waals surface area contributed by atoms with Crippen LogP contribution in [0.15, 0.2) is 23.2 Å². The summed E-state index contributed by atoms with van der Waals surface area (Å²) in [6.07, 6.45) is -3.39. The molecule has 0 aromatic heterocycles. The third-order valence-corrected chi connectivity index (χ3v) is 3.66. The lowest BCUT2D eigenvalue weighted by molar-refractivity contribution is -0.137. The molecule has 0 aliphatic carbocycles. The predicted octanol–water partition coefficient (Wildman–Crippen LogP) is 4.26. The molecule has 0 saturated heterocycles. The van der Waals surface area contributed by atoms with Gasteiger partial charge in [-0.15, -0.1) is 0 Å². The van der Waals surface area contributed by atoms with Crippen molar-refractivity contribution in [3.63, 3.8) is 0 Å². The molecule has 0 spiro atoms. The summed E-state index contributed by atoms with van der Waals surface area (Å²) >= 11 is 7.35. The Kier molecular flexibility index (Phi) is 4.07. The van der Waals surface area contributed by atoms with E-state index in [0.717, 1.165) is 24.3 Å². The molecule has 0 saturated carbocycles. The fourth-order valence-electron chi connectivity index (χ4n) is 1.45. The molecule has 0 radical (unpaired) electrons. The highest BCUT2D eigenvalue weighted by atomic mass is 35.5. The van der Waals surface area contributed by atoms with E-state index in [1.54, 1.807) is 0 Å². The van der Waals surface area contributed by atoms with E-state index in [9.17, 15) is 13.2 Å². The molecule has 1 aliphatic heterocycles. The van der Waals surface area contributed by atoms with Crippen LogP contribution in [-0.2, 0) is 6.18 Å². The van der Waals surface area contributed by atoms with E-state index >= 15 is 0 Å². The molecule has 2 nitrogen and oxygen atoms in total. The Morgan fingerprint density at radius 1 is 1.33 bits per heavy atom. The Bertz CT molecular complexity index is 474. The number of alkyl halides is 3. The van der Waals surface area contributed by atoms with Crippen molar-refractivity contribution in [1.29, 1.82) is 0 Å². The third kappa shape index (κ3) is 3.32. The number of halogens is 4. The molecule has 0 unspecified atom stereocenters. The van der Waals surface area contributed by atoms with E-state index in [2.05, 4.69) is 10.3 Å². The van der Waals surface area contributed by atoms with E-state index in [1.807, 2.05) is 0 Å². The average molecular weight is 295 g/mol. The van der Waals surface area contributed by atoms with Gasteiger partial charge in [0.15, 0.2) is 5.17 Å². The lowest BCUT2D eigenvalue weighted by Gasteiger charge is -2.15. The Morgan fingerprint density at radius 2 is 2.11 bits per heavy atom. The molecule has 1 aromatic rings. The summed E-state index contributed by atoms with van der Waals surface area (Å²) in [6.45, 7) is 0.686. The maximum absolute atomic E-state index is 12.6. The van der Waals surface area contributed by atoms with Gasteiger partial charge in [-0.25, -0.2) is 0 Å². The first-order valence-electron chi connectivity index (χ1n) is 5.28. The van der Waals surface area contributed by atoms with Crippen molar-refractivity contribution in [3.05, 3.63) is 28.8 Å². The standard InChI is InChI=1S/C11H10ClF3N2S/c12-8-3-2-7(11(13,14)15)6-9(8)17-10-16-4-1-5-18-10/h2-3,6H,1,4-5H2,(H,16,17). The summed E-state index contributed by atoms with van der Waals surface area (Å²) in [6, 6.07) is 3.20. The van der Waals surface area contributed by atoms with Crippen molar-refractivity contribution in [2.45, 2.75) is 12.6 Å². The van der Waals surface area contributed by atoms with Crippen molar-refractivity contribution in [2.75, 3.05) is 17.6 Å². The summed E-state index contributed by atoms with van der Waals surface area (Å²) in [5, 5.41) is 3.70. The molecule has 2 rings (SSSR count). The van der Waals surface area contributed by atoms with Crippen molar-refractivity contribution in [2.24, 2.45) is 4.99 Å². The predicted molar refractivity (Wildman–Crippen MR) is 69.5 cm³/mol. The number of benzene rings is 1. The van der Waals surface area contributed by atoms with Gasteiger partial charge in [-0.1, -0.05) is 23.4 Å². The highest BCUT2D eigenvalue weighted by Crippen LogP contribution is 2.34. The van der Waals surface area contributed by atoms with E-state index in [-0.39, 0.29) is 10.7 Å². The summed E-state index contributed by atoms with van der Waals surface area (Å²) in [4.78, 5) is 4.19. The third-order valence-electron chi connectivity index (χ3n) is 2.33. The Balaban J connectivity index is 2.24. The fraction of sp³-hybridized carbons (Fsp3) is 0.364. The van der Waals surface area contributed by atoms with Gasteiger partial charge in [-0.3, -0.25) is 4.99 Å². The number of anilines is 1. The summed E-state index contributed by atoms with van der Waals surface area (Å²) in [7, 11) is 0. The monoisotopic (exact) mass is 294 g/mol. The zero-order valence-electron chi connectivity index (χ0n) is 9.22. The molecular weight excluding hydrogens is 285 g/mol. The van der Waals surface area contributed by atoms with Gasteiger partial charge in [-0.05, 0) is 24.6 Å². The van der Waals surface area contributed by atoms with E-state index < -0.39 is 11.7 Å². The van der Waals surface area contributed by atoms with E-state index in [4.69, 9.17) is 11.6 Å². The number of rotatable bonds is 1. The number of nitrogens with one attached hydrogen (secondary N) is 1. The molecule has 1 aromatic carbocycles. The van der Waals surface area contributed by atoms with Gasteiger partial charge < -0.3 is 5.32 Å². The van der Waals surface area contributed by atoms with Crippen molar-refractivity contribution in [1.82, 2.24) is 0 Å². The van der Waals surface area contributed by atoms with Crippen LogP contribution in [0.25, 0.3) is 0 Å². The highest BCUT2D eigenvalue weighted by molar-refractivity contribution is 8.14. The first kappa shape index (κ1) is 13.5. The van der Waals surface area contributed by atoms with Crippen LogP contribution in [0.4, 0.5) is 18.9 Å². The molecule has 0 atom stereocenters. The highest BCUT2D eigenvalue weighted by Gasteiger charge is 2.31. The number of hydrogen-bond donors (Lipinski definition) is 1. The summed E-state index contributed by atoms with van der Waals surface area (Å²) < 4.78 is 37.7. The lowest BCUT2D eigenvalue weighted by Crippen LogP contribution is -2.14. The number of hydrogen-bond acceptors (Lipinski definition) is 3. The minimum Gasteiger partial charge on any atom is -0.334 e. The number of amidine groups is 1. The molecule has 1 N–H and O–H groups in total. The molecule has 1 aliphatic rings. The Labute approximate surface area is 112 Å². The zero-order chi connectivity index (χ0) is 13.2. The van der Waals surface area contributed by atoms with Crippen LogP contribution in [0.5, 0.6) is 0 Å². The minimum atomic E-state index is -4.37. The first-order chi connectivity index (χ1) is 8.47. The molecule has 98 valence electrons. The maximum atomic E-state index is 12.6. The number of nitrogens with zero attached hydrogens (tertiary/aromatic N) is 1. The largest absolute Gasteiger partial charge is 0.416 e. The molecule has 1 heterocycles. The number of aliphatic imine (C=N–C) groups is 1. The van der Waals surface area contributed by atoms with Gasteiger partial charge >= 0.3 is 6.18 Å². The molecule has 0 fully saturated rings. The summed E-state index contributed by atoms with van der Waals surface area (Å²) in [5.41, 5.74) is -0.490. The molecule has 18 heavy (non-hydrogen) atoms. The van der Waals surface area contributed by atoms with Gasteiger partial charge in [0.1, 0.15) is 0 Å². The molecule has 7 heteroatoms. The quantitative estimate of drug-likeness (QED) is 0.837. The van der Waals surface area contributed by atoms with E-state index in [0.29, 0.717) is 11.7 Å². The van der Waals surface area contributed by atoms with Crippen LogP contribution < -0.4 is 5.32 Å². The van der Waals surface area contributed by atoms with Crippen LogP contribution in [0.3, 0.4) is 0 Å². The second kappa shape index (κ2) is 5.40. The van der Waals surface area contributed by atoms with Crippen LogP contribution in [0.1, 0.15) is 12.0 Å². The van der Waals surface area contributed by atoms with Gasteiger partial charge in [0.2, 0.25) is 0 Å². The molecular formula is C11H10ClF3N2S. The van der Waals surface area contributed by atoms with Gasteiger partial charge in [0.05, 0.1) is 16.3 Å². The number of thioether (sulfide) groups is 1. The smallest absolute Gasteiger partial charge is 0.334 e. The second-order valence-electron chi connectivity index (χ2n) is 3.71. The lowest BCUT2D eigenvalue weighted by atomic mass is 10.2. The average Bonchev–Trinajstić information content (AvgIpc) is 2.32. The normalized spacial score (nSPS) is 16.3. The van der Waals surface area contributed by atoms with Gasteiger partial charge in [0, 0.05) is 12.3 Å². The van der Waals surface area contributed by atoms with Crippen molar-refractivity contribution >= 4 is 34.2 Å². The molecule has 0 amide bonds. The van der Waals surface area contributed by atoms with Crippen molar-refractivity contribution in [3.8, 4) is 0 Å². The molecule has 0 bridgehead atoms.